The van der Waals surface area contributed by atoms with E-state index in [0.717, 1.165) is 13.0 Å². The first-order chi connectivity index (χ1) is 9.24. The van der Waals surface area contributed by atoms with Crippen molar-refractivity contribution in [3.05, 3.63) is 16.1 Å². The van der Waals surface area contributed by atoms with Crippen LogP contribution in [0.25, 0.3) is 0 Å². The molecule has 0 saturated carbocycles. The van der Waals surface area contributed by atoms with Crippen molar-refractivity contribution in [3.63, 3.8) is 0 Å². The number of likely N-dealkylation sites (tertiary alicyclic amines) is 1. The first-order valence-corrected chi connectivity index (χ1v) is 8.48. The van der Waals surface area contributed by atoms with Crippen molar-refractivity contribution < 1.29 is 0 Å². The Morgan fingerprint density at radius 2 is 2.37 bits per heavy atom. The van der Waals surface area contributed by atoms with E-state index in [-0.39, 0.29) is 0 Å². The summed E-state index contributed by atoms with van der Waals surface area (Å²) < 4.78 is 0. The molecule has 1 fully saturated rings. The molecule has 0 bridgehead atoms. The highest BCUT2D eigenvalue weighted by Gasteiger charge is 2.25. The standard InChI is InChI=1S/C15H27N3S/c1-4-8-16-13-7-6-9-18(11-13)12(3)15-17-10-14(5-2)19-15/h10,12-13,16H,4-9,11H2,1-3H3. The van der Waals surface area contributed by atoms with E-state index in [0.29, 0.717) is 12.1 Å². The van der Waals surface area contributed by atoms with Crippen molar-refractivity contribution in [2.45, 2.75) is 58.5 Å². The zero-order chi connectivity index (χ0) is 13.7. The molecule has 2 rings (SSSR count). The van der Waals surface area contributed by atoms with Crippen LogP contribution in [0.15, 0.2) is 6.20 Å². The number of thiazole rings is 1. The average molecular weight is 281 g/mol. The van der Waals surface area contributed by atoms with Crippen LogP contribution in [-0.2, 0) is 6.42 Å². The summed E-state index contributed by atoms with van der Waals surface area (Å²) >= 11 is 1.88. The van der Waals surface area contributed by atoms with E-state index >= 15 is 0 Å². The lowest BCUT2D eigenvalue weighted by molar-refractivity contribution is 0.146. The highest BCUT2D eigenvalue weighted by Crippen LogP contribution is 2.27. The molecule has 3 nitrogen and oxygen atoms in total. The highest BCUT2D eigenvalue weighted by molar-refractivity contribution is 7.11. The molecule has 0 aliphatic carbocycles. The summed E-state index contributed by atoms with van der Waals surface area (Å²) in [5, 5.41) is 4.95. The van der Waals surface area contributed by atoms with Crippen LogP contribution in [0, 0.1) is 0 Å². The minimum atomic E-state index is 0.469. The smallest absolute Gasteiger partial charge is 0.110 e. The number of rotatable bonds is 6. The Morgan fingerprint density at radius 3 is 3.05 bits per heavy atom. The number of hydrogen-bond acceptors (Lipinski definition) is 4. The van der Waals surface area contributed by atoms with Crippen LogP contribution in [0.1, 0.15) is 56.0 Å². The van der Waals surface area contributed by atoms with Gasteiger partial charge in [-0.1, -0.05) is 13.8 Å². The second-order valence-electron chi connectivity index (χ2n) is 5.48. The van der Waals surface area contributed by atoms with E-state index in [9.17, 15) is 0 Å². The topological polar surface area (TPSA) is 28.2 Å². The van der Waals surface area contributed by atoms with Gasteiger partial charge in [-0.2, -0.15) is 0 Å². The monoisotopic (exact) mass is 281 g/mol. The number of hydrogen-bond donors (Lipinski definition) is 1. The Labute approximate surface area is 121 Å². The second-order valence-corrected chi connectivity index (χ2v) is 6.63. The summed E-state index contributed by atoms with van der Waals surface area (Å²) in [4.78, 5) is 8.60. The Hall–Kier alpha value is -0.450. The van der Waals surface area contributed by atoms with Crippen LogP contribution >= 0.6 is 11.3 Å². The van der Waals surface area contributed by atoms with Gasteiger partial charge in [0.05, 0.1) is 6.04 Å². The van der Waals surface area contributed by atoms with Gasteiger partial charge in [0.15, 0.2) is 0 Å². The van der Waals surface area contributed by atoms with Gasteiger partial charge in [0.1, 0.15) is 5.01 Å². The van der Waals surface area contributed by atoms with Gasteiger partial charge in [-0.15, -0.1) is 11.3 Å². The number of nitrogens with zero attached hydrogens (tertiary/aromatic N) is 2. The molecule has 108 valence electrons. The number of piperidine rings is 1. The highest BCUT2D eigenvalue weighted by atomic mass is 32.1. The molecule has 1 aromatic heterocycles. The van der Waals surface area contributed by atoms with Crippen molar-refractivity contribution in [3.8, 4) is 0 Å². The third-order valence-corrected chi connectivity index (χ3v) is 5.27. The first-order valence-electron chi connectivity index (χ1n) is 7.66. The average Bonchev–Trinajstić information content (AvgIpc) is 2.93. The van der Waals surface area contributed by atoms with Crippen LogP contribution in [0.4, 0.5) is 0 Å². The van der Waals surface area contributed by atoms with Crippen LogP contribution in [0.2, 0.25) is 0 Å². The molecular weight excluding hydrogens is 254 g/mol. The third-order valence-electron chi connectivity index (χ3n) is 3.96. The van der Waals surface area contributed by atoms with Gasteiger partial charge < -0.3 is 5.32 Å². The largest absolute Gasteiger partial charge is 0.313 e. The normalized spacial score (nSPS) is 22.6. The summed E-state index contributed by atoms with van der Waals surface area (Å²) in [7, 11) is 0. The second kappa shape index (κ2) is 7.36. The van der Waals surface area contributed by atoms with E-state index in [1.54, 1.807) is 0 Å². The van der Waals surface area contributed by atoms with Gasteiger partial charge in [0, 0.05) is 23.7 Å². The number of aryl methyl sites for hydroxylation is 1. The van der Waals surface area contributed by atoms with Gasteiger partial charge in [0.25, 0.3) is 0 Å². The zero-order valence-electron chi connectivity index (χ0n) is 12.5. The van der Waals surface area contributed by atoms with Crippen molar-refractivity contribution in [1.82, 2.24) is 15.2 Å². The molecule has 1 saturated heterocycles. The Bertz CT molecular complexity index is 377. The molecular formula is C15H27N3S. The first kappa shape index (κ1) is 14.9. The molecule has 2 unspecified atom stereocenters. The Kier molecular flexibility index (Phi) is 5.79. The predicted octanol–water partition coefficient (Wildman–Crippen LogP) is 3.23. The zero-order valence-corrected chi connectivity index (χ0v) is 13.3. The molecule has 1 N–H and O–H groups in total. The lowest BCUT2D eigenvalue weighted by Crippen LogP contribution is -2.46. The molecule has 0 aromatic carbocycles. The molecule has 1 aromatic rings. The van der Waals surface area contributed by atoms with Gasteiger partial charge in [-0.25, -0.2) is 4.98 Å². The van der Waals surface area contributed by atoms with Gasteiger partial charge >= 0.3 is 0 Å². The third kappa shape index (κ3) is 4.01. The van der Waals surface area contributed by atoms with E-state index in [2.05, 4.69) is 36.0 Å². The summed E-state index contributed by atoms with van der Waals surface area (Å²) in [6.45, 7) is 10.3. The predicted molar refractivity (Wildman–Crippen MR) is 82.8 cm³/mol. The SMILES string of the molecule is CCCNC1CCCN(C(C)c2ncc(CC)s2)C1. The molecule has 1 aliphatic rings. The van der Waals surface area contributed by atoms with Crippen LogP contribution in [0.5, 0.6) is 0 Å². The lowest BCUT2D eigenvalue weighted by Gasteiger charge is -2.36. The Morgan fingerprint density at radius 1 is 1.53 bits per heavy atom. The fraction of sp³-hybridized carbons (Fsp3) is 0.800. The van der Waals surface area contributed by atoms with Crippen molar-refractivity contribution in [2.24, 2.45) is 0 Å². The minimum absolute atomic E-state index is 0.469. The quantitative estimate of drug-likeness (QED) is 0.867. The molecule has 2 heterocycles. The van der Waals surface area contributed by atoms with Gasteiger partial charge in [0.2, 0.25) is 0 Å². The van der Waals surface area contributed by atoms with Crippen molar-refractivity contribution in [2.75, 3.05) is 19.6 Å². The fourth-order valence-corrected chi connectivity index (χ4v) is 3.65. The number of nitrogens with one attached hydrogen (secondary N) is 1. The van der Waals surface area contributed by atoms with E-state index < -0.39 is 0 Å². The summed E-state index contributed by atoms with van der Waals surface area (Å²) in [5.41, 5.74) is 0. The lowest BCUT2D eigenvalue weighted by atomic mass is 10.0. The fourth-order valence-electron chi connectivity index (χ4n) is 2.71. The van der Waals surface area contributed by atoms with Crippen molar-refractivity contribution >= 4 is 11.3 Å². The molecule has 0 amide bonds. The van der Waals surface area contributed by atoms with E-state index in [4.69, 9.17) is 0 Å². The molecule has 1 aliphatic heterocycles. The summed E-state index contributed by atoms with van der Waals surface area (Å²) in [6, 6.07) is 1.14. The van der Waals surface area contributed by atoms with Crippen molar-refractivity contribution in [1.29, 1.82) is 0 Å². The molecule has 0 radical (unpaired) electrons. The van der Waals surface area contributed by atoms with Crippen LogP contribution in [0.3, 0.4) is 0 Å². The summed E-state index contributed by atoms with van der Waals surface area (Å²) in [6.07, 6.45) is 7.00. The minimum Gasteiger partial charge on any atom is -0.313 e. The maximum absolute atomic E-state index is 4.61. The van der Waals surface area contributed by atoms with Crippen LogP contribution in [-0.4, -0.2) is 35.6 Å². The summed E-state index contributed by atoms with van der Waals surface area (Å²) in [5.74, 6) is 0. The van der Waals surface area contributed by atoms with Gasteiger partial charge in [-0.05, 0) is 45.7 Å². The molecule has 2 atom stereocenters. The molecule has 19 heavy (non-hydrogen) atoms. The Balaban J connectivity index is 1.92. The van der Waals surface area contributed by atoms with E-state index in [1.807, 2.05) is 17.5 Å². The maximum Gasteiger partial charge on any atom is 0.110 e. The van der Waals surface area contributed by atoms with E-state index in [1.165, 1.54) is 42.2 Å². The van der Waals surface area contributed by atoms with Crippen LogP contribution < -0.4 is 5.32 Å². The number of aromatic nitrogens is 1. The molecule has 0 spiro atoms. The molecule has 4 heteroatoms. The van der Waals surface area contributed by atoms with Gasteiger partial charge in [-0.3, -0.25) is 4.90 Å². The maximum atomic E-state index is 4.61.